The molecule has 0 spiro atoms. The predicted molar refractivity (Wildman–Crippen MR) is 52.0 cm³/mol. The minimum Gasteiger partial charge on any atom is -0.481 e. The highest BCUT2D eigenvalue weighted by Gasteiger charge is 2.77. The van der Waals surface area contributed by atoms with Gasteiger partial charge in [-0.25, -0.2) is 0 Å². The number of aliphatic carboxylic acids is 1. The summed E-state index contributed by atoms with van der Waals surface area (Å²) >= 11 is 0. The van der Waals surface area contributed by atoms with Crippen LogP contribution < -0.4 is 5.32 Å². The molecule has 1 atom stereocenters. The lowest BCUT2D eigenvalue weighted by molar-refractivity contribution is -0.226. The molecule has 11 heteroatoms. The van der Waals surface area contributed by atoms with Crippen LogP contribution in [0.4, 0.5) is 26.3 Å². The fourth-order valence-electron chi connectivity index (χ4n) is 2.88. The Morgan fingerprint density at radius 1 is 1.19 bits per heavy atom. The van der Waals surface area contributed by atoms with E-state index in [1.807, 2.05) is 0 Å². The number of hydrogen-bond donors (Lipinski definition) is 2. The first-order valence-electron chi connectivity index (χ1n) is 5.65. The molecule has 0 radical (unpaired) electrons. The van der Waals surface area contributed by atoms with E-state index < -0.39 is 60.7 Å². The number of ether oxygens (including phenoxy) is 1. The van der Waals surface area contributed by atoms with Crippen LogP contribution in [0.15, 0.2) is 0 Å². The molecule has 0 aromatic rings. The molecule has 0 aromatic carbocycles. The van der Waals surface area contributed by atoms with E-state index in [0.29, 0.717) is 0 Å². The predicted octanol–water partition coefficient (Wildman–Crippen LogP) is 1.23. The van der Waals surface area contributed by atoms with E-state index in [-0.39, 0.29) is 0 Å². The number of alkyl halides is 6. The Morgan fingerprint density at radius 3 is 2.05 bits per heavy atom. The van der Waals surface area contributed by atoms with E-state index in [2.05, 4.69) is 4.74 Å². The molecule has 1 amide bonds. The summed E-state index contributed by atoms with van der Waals surface area (Å²) in [6, 6.07) is 0. The third-order valence-corrected chi connectivity index (χ3v) is 3.70. The highest BCUT2D eigenvalue weighted by atomic mass is 19.4. The van der Waals surface area contributed by atoms with Crippen LogP contribution in [0.5, 0.6) is 0 Å². The molecule has 2 saturated heterocycles. The van der Waals surface area contributed by atoms with Crippen LogP contribution in [0.25, 0.3) is 0 Å². The minimum atomic E-state index is -5.17. The molecule has 2 heterocycles. The van der Waals surface area contributed by atoms with Crippen molar-refractivity contribution in [3.05, 3.63) is 0 Å². The van der Waals surface area contributed by atoms with E-state index in [1.54, 1.807) is 0 Å². The van der Waals surface area contributed by atoms with Gasteiger partial charge in [-0.15, -0.1) is 0 Å². The zero-order chi connectivity index (χ0) is 16.3. The topological polar surface area (TPSA) is 75.6 Å². The first-order chi connectivity index (χ1) is 9.32. The van der Waals surface area contributed by atoms with Gasteiger partial charge in [0, 0.05) is 6.54 Å². The first kappa shape index (κ1) is 15.9. The Kier molecular flexibility index (Phi) is 3.20. The summed E-state index contributed by atoms with van der Waals surface area (Å²) in [7, 11) is 0. The molecule has 3 rings (SSSR count). The normalized spacial score (nSPS) is 35.2. The number of halogens is 6. The van der Waals surface area contributed by atoms with Crippen LogP contribution >= 0.6 is 0 Å². The highest BCUT2D eigenvalue weighted by Crippen LogP contribution is 2.64. The lowest BCUT2D eigenvalue weighted by Crippen LogP contribution is -2.57. The maximum Gasteiger partial charge on any atom is 0.471 e. The van der Waals surface area contributed by atoms with Crippen molar-refractivity contribution < 1.29 is 45.8 Å². The third kappa shape index (κ3) is 2.43. The highest BCUT2D eigenvalue weighted by molar-refractivity contribution is 5.82. The van der Waals surface area contributed by atoms with Crippen LogP contribution in [0.3, 0.4) is 0 Å². The molecular formula is C10H9F6NO4. The second-order valence-corrected chi connectivity index (χ2v) is 5.22. The molecule has 1 aliphatic carbocycles. The zero-order valence-corrected chi connectivity index (χ0v) is 10.1. The average molecular weight is 321 g/mol. The number of hydrogen-bond acceptors (Lipinski definition) is 3. The van der Waals surface area contributed by atoms with E-state index in [9.17, 15) is 35.9 Å². The van der Waals surface area contributed by atoms with E-state index in [1.165, 1.54) is 5.32 Å². The van der Waals surface area contributed by atoms with Crippen molar-refractivity contribution in [3.8, 4) is 0 Å². The monoisotopic (exact) mass is 321 g/mol. The van der Waals surface area contributed by atoms with Crippen molar-refractivity contribution >= 4 is 11.9 Å². The zero-order valence-electron chi connectivity index (χ0n) is 10.1. The number of carbonyl (C=O) groups is 2. The molecule has 0 aromatic heterocycles. The largest absolute Gasteiger partial charge is 0.481 e. The summed E-state index contributed by atoms with van der Waals surface area (Å²) in [6.07, 6.45) is -13.9. The van der Waals surface area contributed by atoms with Gasteiger partial charge >= 0.3 is 24.2 Å². The van der Waals surface area contributed by atoms with Gasteiger partial charge in [0.05, 0.1) is 5.60 Å². The lowest BCUT2D eigenvalue weighted by Gasteiger charge is -2.42. The molecule has 2 bridgehead atoms. The van der Waals surface area contributed by atoms with Gasteiger partial charge in [-0.05, 0) is 12.8 Å². The van der Waals surface area contributed by atoms with Crippen LogP contribution in [-0.2, 0) is 14.3 Å². The third-order valence-electron chi connectivity index (χ3n) is 3.70. The molecule has 3 aliphatic rings. The Hall–Kier alpha value is -1.52. The van der Waals surface area contributed by atoms with Crippen molar-refractivity contribution in [2.45, 2.75) is 36.9 Å². The van der Waals surface area contributed by atoms with Gasteiger partial charge in [-0.1, -0.05) is 0 Å². The molecule has 1 unspecified atom stereocenters. The summed E-state index contributed by atoms with van der Waals surface area (Å²) in [6.45, 7) is -0.826. The van der Waals surface area contributed by atoms with Crippen molar-refractivity contribution in [1.82, 2.24) is 5.32 Å². The number of carboxylic acid groups (broad SMARTS) is 1. The molecular weight excluding hydrogens is 312 g/mol. The Labute approximate surface area is 113 Å². The maximum atomic E-state index is 12.7. The number of carboxylic acids is 1. The van der Waals surface area contributed by atoms with Gasteiger partial charge in [0.25, 0.3) is 0 Å². The number of amides is 1. The molecule has 120 valence electrons. The van der Waals surface area contributed by atoms with Crippen molar-refractivity contribution in [2.75, 3.05) is 6.54 Å². The standard InChI is InChI=1S/C10H9F6NO4/c11-9(12,13)4-8(6(19)20)1-7(2-8,21-4)3-17-5(18)10(14,15)16/h4H,1-3H2,(H,17,18)(H,19,20). The van der Waals surface area contributed by atoms with Crippen molar-refractivity contribution in [1.29, 1.82) is 0 Å². The SMILES string of the molecule is O=C(NCC12CC(C(=O)O)(C1)C(C(F)(F)F)O2)C(F)(F)F. The molecule has 3 fully saturated rings. The van der Waals surface area contributed by atoms with E-state index in [0.717, 1.165) is 0 Å². The average Bonchev–Trinajstić information content (AvgIpc) is 2.75. The van der Waals surface area contributed by atoms with Gasteiger partial charge in [-0.2, -0.15) is 26.3 Å². The number of fused-ring (bicyclic) bond motifs is 1. The number of nitrogens with one attached hydrogen (secondary N) is 1. The fourth-order valence-corrected chi connectivity index (χ4v) is 2.88. The van der Waals surface area contributed by atoms with Crippen LogP contribution in [0, 0.1) is 5.41 Å². The maximum absolute atomic E-state index is 12.7. The van der Waals surface area contributed by atoms with Gasteiger partial charge in [0.15, 0.2) is 6.10 Å². The van der Waals surface area contributed by atoms with Gasteiger partial charge < -0.3 is 15.2 Å². The minimum absolute atomic E-state index is 0.600. The summed E-state index contributed by atoms with van der Waals surface area (Å²) in [4.78, 5) is 21.7. The Morgan fingerprint density at radius 2 is 1.71 bits per heavy atom. The second-order valence-electron chi connectivity index (χ2n) is 5.22. The Bertz CT molecular complexity index is 479. The summed E-state index contributed by atoms with van der Waals surface area (Å²) in [5.41, 5.74) is -3.92. The lowest BCUT2D eigenvalue weighted by atomic mass is 9.60. The number of carbonyl (C=O) groups excluding carboxylic acids is 1. The van der Waals surface area contributed by atoms with E-state index in [4.69, 9.17) is 5.11 Å². The van der Waals surface area contributed by atoms with Gasteiger partial charge in [0.1, 0.15) is 5.41 Å². The van der Waals surface area contributed by atoms with Gasteiger partial charge in [-0.3, -0.25) is 9.59 Å². The van der Waals surface area contributed by atoms with E-state index >= 15 is 0 Å². The molecule has 2 aliphatic heterocycles. The smallest absolute Gasteiger partial charge is 0.471 e. The van der Waals surface area contributed by atoms with Crippen LogP contribution in [0.2, 0.25) is 0 Å². The molecule has 21 heavy (non-hydrogen) atoms. The van der Waals surface area contributed by atoms with Gasteiger partial charge in [0.2, 0.25) is 0 Å². The summed E-state index contributed by atoms with van der Waals surface area (Å²) in [5, 5.41) is 10.3. The Balaban J connectivity index is 2.09. The summed E-state index contributed by atoms with van der Waals surface area (Å²) < 4.78 is 78.9. The van der Waals surface area contributed by atoms with Crippen molar-refractivity contribution in [2.24, 2.45) is 5.41 Å². The van der Waals surface area contributed by atoms with Crippen molar-refractivity contribution in [3.63, 3.8) is 0 Å². The quantitative estimate of drug-likeness (QED) is 0.767. The second kappa shape index (κ2) is 4.24. The molecule has 2 N–H and O–H groups in total. The molecule has 5 nitrogen and oxygen atoms in total. The number of rotatable bonds is 3. The fraction of sp³-hybridized carbons (Fsp3) is 0.800. The summed E-state index contributed by atoms with van der Waals surface area (Å²) in [5.74, 6) is -4.04. The van der Waals surface area contributed by atoms with Crippen LogP contribution in [0.1, 0.15) is 12.8 Å². The molecule has 1 saturated carbocycles. The first-order valence-corrected chi connectivity index (χ1v) is 5.65. The van der Waals surface area contributed by atoms with Crippen LogP contribution in [-0.4, -0.2) is 47.6 Å².